The van der Waals surface area contributed by atoms with Crippen LogP contribution in [0.3, 0.4) is 0 Å². The van der Waals surface area contributed by atoms with E-state index in [-0.39, 0.29) is 18.2 Å². The fourth-order valence-electron chi connectivity index (χ4n) is 3.17. The standard InChI is InChI=1S/C23H29ClN2O2/c1-4-14-25-23(28)21(5-2)26(16-19-12-8-9-13-20(19)24)22(27)15-18-11-7-6-10-17(18)3/h6-13,21H,4-5,14-16H2,1-3H3,(H,25,28)/t21-/m1/s1. The summed E-state index contributed by atoms with van der Waals surface area (Å²) in [4.78, 5) is 27.7. The predicted molar refractivity (Wildman–Crippen MR) is 114 cm³/mol. The van der Waals surface area contributed by atoms with Crippen LogP contribution >= 0.6 is 11.6 Å². The van der Waals surface area contributed by atoms with Gasteiger partial charge < -0.3 is 10.2 Å². The van der Waals surface area contributed by atoms with E-state index >= 15 is 0 Å². The van der Waals surface area contributed by atoms with Crippen LogP contribution in [0.5, 0.6) is 0 Å². The minimum atomic E-state index is -0.528. The molecule has 150 valence electrons. The lowest BCUT2D eigenvalue weighted by Crippen LogP contribution is -2.49. The summed E-state index contributed by atoms with van der Waals surface area (Å²) in [5.74, 6) is -0.192. The van der Waals surface area contributed by atoms with Crippen molar-refractivity contribution in [3.63, 3.8) is 0 Å². The molecule has 2 rings (SSSR count). The maximum absolute atomic E-state index is 13.3. The molecule has 0 bridgehead atoms. The van der Waals surface area contributed by atoms with Crippen molar-refractivity contribution < 1.29 is 9.59 Å². The smallest absolute Gasteiger partial charge is 0.242 e. The van der Waals surface area contributed by atoms with Crippen molar-refractivity contribution in [2.45, 2.75) is 52.6 Å². The number of benzene rings is 2. The Morgan fingerprint density at radius 1 is 1.04 bits per heavy atom. The Hall–Kier alpha value is -2.33. The Bertz CT molecular complexity index is 807. The van der Waals surface area contributed by atoms with Crippen molar-refractivity contribution in [2.75, 3.05) is 6.54 Å². The first kappa shape index (κ1) is 22.0. The minimum absolute atomic E-state index is 0.0762. The van der Waals surface area contributed by atoms with Crippen LogP contribution in [0.15, 0.2) is 48.5 Å². The van der Waals surface area contributed by atoms with E-state index in [9.17, 15) is 9.59 Å². The normalized spacial score (nSPS) is 11.7. The molecule has 0 radical (unpaired) electrons. The van der Waals surface area contributed by atoms with E-state index in [2.05, 4.69) is 5.32 Å². The van der Waals surface area contributed by atoms with Crippen molar-refractivity contribution in [3.8, 4) is 0 Å². The topological polar surface area (TPSA) is 49.4 Å². The van der Waals surface area contributed by atoms with Crippen LogP contribution in [0.1, 0.15) is 43.4 Å². The van der Waals surface area contributed by atoms with E-state index in [1.54, 1.807) is 11.0 Å². The average molecular weight is 401 g/mol. The molecule has 0 spiro atoms. The largest absolute Gasteiger partial charge is 0.354 e. The number of halogens is 1. The molecule has 0 aliphatic heterocycles. The number of nitrogens with one attached hydrogen (secondary N) is 1. The number of aryl methyl sites for hydroxylation is 1. The molecule has 0 fully saturated rings. The van der Waals surface area contributed by atoms with Crippen molar-refractivity contribution in [1.82, 2.24) is 10.2 Å². The van der Waals surface area contributed by atoms with E-state index in [0.29, 0.717) is 24.5 Å². The molecule has 0 unspecified atom stereocenters. The fourth-order valence-corrected chi connectivity index (χ4v) is 3.36. The van der Waals surface area contributed by atoms with Gasteiger partial charge >= 0.3 is 0 Å². The number of hydrogen-bond acceptors (Lipinski definition) is 2. The van der Waals surface area contributed by atoms with Gasteiger partial charge in [-0.3, -0.25) is 9.59 Å². The summed E-state index contributed by atoms with van der Waals surface area (Å²) < 4.78 is 0. The lowest BCUT2D eigenvalue weighted by atomic mass is 10.0. The third kappa shape index (κ3) is 5.83. The Kier molecular flexibility index (Phi) is 8.52. The van der Waals surface area contributed by atoms with Crippen LogP contribution in [0, 0.1) is 6.92 Å². The average Bonchev–Trinajstić information content (AvgIpc) is 2.69. The second kappa shape index (κ2) is 10.9. The van der Waals surface area contributed by atoms with Gasteiger partial charge in [-0.2, -0.15) is 0 Å². The van der Waals surface area contributed by atoms with Crippen LogP contribution in [-0.2, 0) is 22.6 Å². The molecule has 28 heavy (non-hydrogen) atoms. The van der Waals surface area contributed by atoms with Crippen molar-refractivity contribution in [3.05, 3.63) is 70.2 Å². The summed E-state index contributed by atoms with van der Waals surface area (Å²) in [6.45, 7) is 6.83. The van der Waals surface area contributed by atoms with Crippen LogP contribution < -0.4 is 5.32 Å². The van der Waals surface area contributed by atoms with Gasteiger partial charge in [0.15, 0.2) is 0 Å². The van der Waals surface area contributed by atoms with Crippen LogP contribution in [0.25, 0.3) is 0 Å². The molecular weight excluding hydrogens is 372 g/mol. The van der Waals surface area contributed by atoms with Gasteiger partial charge in [-0.1, -0.05) is 67.9 Å². The molecule has 0 saturated heterocycles. The lowest BCUT2D eigenvalue weighted by Gasteiger charge is -2.31. The van der Waals surface area contributed by atoms with Crippen molar-refractivity contribution in [2.24, 2.45) is 0 Å². The molecule has 0 saturated carbocycles. The number of carbonyl (C=O) groups excluding carboxylic acids is 2. The van der Waals surface area contributed by atoms with Gasteiger partial charge in [0.25, 0.3) is 0 Å². The minimum Gasteiger partial charge on any atom is -0.354 e. The Morgan fingerprint density at radius 2 is 1.68 bits per heavy atom. The van der Waals surface area contributed by atoms with Gasteiger partial charge in [-0.15, -0.1) is 0 Å². The Labute approximate surface area is 172 Å². The first-order valence-corrected chi connectivity index (χ1v) is 10.2. The lowest BCUT2D eigenvalue weighted by molar-refractivity contribution is -0.140. The maximum Gasteiger partial charge on any atom is 0.242 e. The first-order chi connectivity index (χ1) is 13.5. The zero-order chi connectivity index (χ0) is 20.5. The molecule has 2 amide bonds. The van der Waals surface area contributed by atoms with E-state index in [1.807, 2.05) is 63.2 Å². The van der Waals surface area contributed by atoms with Gasteiger partial charge in [-0.25, -0.2) is 0 Å². The molecule has 5 heteroatoms. The summed E-state index contributed by atoms with van der Waals surface area (Å²) in [7, 11) is 0. The monoisotopic (exact) mass is 400 g/mol. The van der Waals surface area contributed by atoms with E-state index in [1.165, 1.54) is 0 Å². The van der Waals surface area contributed by atoms with Gasteiger partial charge in [0.05, 0.1) is 6.42 Å². The van der Waals surface area contributed by atoms with Gasteiger partial charge in [0, 0.05) is 18.1 Å². The molecule has 0 aliphatic rings. The quantitative estimate of drug-likeness (QED) is 0.672. The second-order valence-corrected chi connectivity index (χ2v) is 7.34. The summed E-state index contributed by atoms with van der Waals surface area (Å²) in [6.07, 6.45) is 1.65. The first-order valence-electron chi connectivity index (χ1n) is 9.83. The number of rotatable bonds is 9. The fraction of sp³-hybridized carbons (Fsp3) is 0.391. The van der Waals surface area contributed by atoms with E-state index < -0.39 is 6.04 Å². The third-order valence-electron chi connectivity index (χ3n) is 4.84. The second-order valence-electron chi connectivity index (χ2n) is 6.93. The number of hydrogen-bond donors (Lipinski definition) is 1. The molecule has 2 aromatic rings. The van der Waals surface area contributed by atoms with Crippen LogP contribution in [0.4, 0.5) is 0 Å². The highest BCUT2D eigenvalue weighted by atomic mass is 35.5. The third-order valence-corrected chi connectivity index (χ3v) is 5.21. The van der Waals surface area contributed by atoms with Crippen molar-refractivity contribution in [1.29, 1.82) is 0 Å². The van der Waals surface area contributed by atoms with E-state index in [4.69, 9.17) is 11.6 Å². The zero-order valence-electron chi connectivity index (χ0n) is 16.9. The predicted octanol–water partition coefficient (Wildman–Crippen LogP) is 4.52. The molecule has 1 atom stereocenters. The van der Waals surface area contributed by atoms with Crippen LogP contribution in [-0.4, -0.2) is 29.3 Å². The van der Waals surface area contributed by atoms with Gasteiger partial charge in [0.2, 0.25) is 11.8 Å². The number of amides is 2. The summed E-state index contributed by atoms with van der Waals surface area (Å²) in [6, 6.07) is 14.8. The Morgan fingerprint density at radius 3 is 2.29 bits per heavy atom. The van der Waals surface area contributed by atoms with Gasteiger partial charge in [0.1, 0.15) is 6.04 Å². The van der Waals surface area contributed by atoms with E-state index in [0.717, 1.165) is 23.1 Å². The van der Waals surface area contributed by atoms with Crippen LogP contribution in [0.2, 0.25) is 5.02 Å². The number of carbonyl (C=O) groups is 2. The highest BCUT2D eigenvalue weighted by Crippen LogP contribution is 2.21. The molecule has 2 aromatic carbocycles. The molecule has 1 N–H and O–H groups in total. The Balaban J connectivity index is 2.31. The summed E-state index contributed by atoms with van der Waals surface area (Å²) >= 11 is 6.33. The molecule has 0 aromatic heterocycles. The molecule has 0 heterocycles. The summed E-state index contributed by atoms with van der Waals surface area (Å²) in [5, 5.41) is 3.53. The molecular formula is C23H29ClN2O2. The van der Waals surface area contributed by atoms with Crippen molar-refractivity contribution >= 4 is 23.4 Å². The highest BCUT2D eigenvalue weighted by molar-refractivity contribution is 6.31. The highest BCUT2D eigenvalue weighted by Gasteiger charge is 2.29. The SMILES string of the molecule is CCCNC(=O)[C@@H](CC)N(Cc1ccccc1Cl)C(=O)Cc1ccccc1C. The number of nitrogens with zero attached hydrogens (tertiary/aromatic N) is 1. The summed E-state index contributed by atoms with van der Waals surface area (Å²) in [5.41, 5.74) is 2.88. The maximum atomic E-state index is 13.3. The zero-order valence-corrected chi connectivity index (χ0v) is 17.6. The van der Waals surface area contributed by atoms with Gasteiger partial charge in [-0.05, 0) is 42.5 Å². The molecule has 0 aliphatic carbocycles. The molecule has 4 nitrogen and oxygen atoms in total.